The fraction of sp³-hybridized carbons (Fsp3) is 0.273. The van der Waals surface area contributed by atoms with E-state index in [-0.39, 0.29) is 5.82 Å². The van der Waals surface area contributed by atoms with Crippen molar-refractivity contribution in [3.63, 3.8) is 0 Å². The maximum absolute atomic E-state index is 13.3. The van der Waals surface area contributed by atoms with E-state index in [2.05, 4.69) is 12.3 Å². The van der Waals surface area contributed by atoms with Crippen LogP contribution in [0.2, 0.25) is 0 Å². The Labute approximate surface area is 91.1 Å². The minimum absolute atomic E-state index is 0.122. The summed E-state index contributed by atoms with van der Waals surface area (Å²) < 4.78 is 14.5. The summed E-state index contributed by atoms with van der Waals surface area (Å²) in [5.74, 6) is -0.122. The topological polar surface area (TPSA) is 0 Å². The van der Waals surface area contributed by atoms with Gasteiger partial charge in [-0.05, 0) is 30.4 Å². The zero-order chi connectivity index (χ0) is 10.1. The molecule has 0 radical (unpaired) electrons. The predicted octanol–water partition coefficient (Wildman–Crippen LogP) is 4.32. The van der Waals surface area contributed by atoms with Crippen molar-refractivity contribution < 1.29 is 4.39 Å². The number of thiophene rings is 1. The van der Waals surface area contributed by atoms with Crippen LogP contribution in [0.1, 0.15) is 12.5 Å². The Kier molecular flexibility index (Phi) is 2.79. The number of thioether (sulfide) groups is 1. The minimum Gasteiger partial charge on any atom is -0.207 e. The van der Waals surface area contributed by atoms with Crippen LogP contribution in [0.5, 0.6) is 0 Å². The van der Waals surface area contributed by atoms with Crippen molar-refractivity contribution in [1.82, 2.24) is 0 Å². The zero-order valence-electron chi connectivity index (χ0n) is 8.13. The van der Waals surface area contributed by atoms with Gasteiger partial charge >= 0.3 is 0 Å². The van der Waals surface area contributed by atoms with Crippen molar-refractivity contribution in [2.45, 2.75) is 18.2 Å². The average Bonchev–Trinajstić information content (AvgIpc) is 2.59. The molecule has 1 heterocycles. The normalized spacial score (nSPS) is 11.1. The van der Waals surface area contributed by atoms with Gasteiger partial charge in [-0.1, -0.05) is 6.92 Å². The number of fused-ring (bicyclic) bond motifs is 1. The molecule has 0 spiro atoms. The monoisotopic (exact) mass is 226 g/mol. The summed E-state index contributed by atoms with van der Waals surface area (Å²) >= 11 is 3.39. The van der Waals surface area contributed by atoms with E-state index in [0.29, 0.717) is 0 Å². The molecule has 14 heavy (non-hydrogen) atoms. The van der Waals surface area contributed by atoms with Crippen LogP contribution in [0.25, 0.3) is 10.1 Å². The van der Waals surface area contributed by atoms with Crippen molar-refractivity contribution in [3.8, 4) is 0 Å². The van der Waals surface area contributed by atoms with E-state index in [1.807, 2.05) is 6.26 Å². The second kappa shape index (κ2) is 3.91. The smallest absolute Gasteiger partial charge is 0.124 e. The molecule has 74 valence electrons. The van der Waals surface area contributed by atoms with Gasteiger partial charge in [0.05, 0.1) is 0 Å². The SMILES string of the molecule is CCc1cc(F)cc2c(SC)csc12. The fourth-order valence-corrected chi connectivity index (χ4v) is 3.55. The van der Waals surface area contributed by atoms with E-state index >= 15 is 0 Å². The van der Waals surface area contributed by atoms with E-state index < -0.39 is 0 Å². The van der Waals surface area contributed by atoms with E-state index in [1.54, 1.807) is 35.2 Å². The Morgan fingerprint density at radius 1 is 1.43 bits per heavy atom. The first-order valence-corrected chi connectivity index (χ1v) is 6.60. The highest BCUT2D eigenvalue weighted by atomic mass is 32.2. The molecule has 0 amide bonds. The standard InChI is InChI=1S/C11H11FS2/c1-3-7-4-8(12)5-9-10(13-2)6-14-11(7)9/h4-6H,3H2,1-2H3. The van der Waals surface area contributed by atoms with Crippen molar-refractivity contribution in [3.05, 3.63) is 28.9 Å². The molecule has 0 aliphatic rings. The minimum atomic E-state index is -0.122. The lowest BCUT2D eigenvalue weighted by molar-refractivity contribution is 0.628. The lowest BCUT2D eigenvalue weighted by Gasteiger charge is -2.00. The van der Waals surface area contributed by atoms with Crippen molar-refractivity contribution in [2.24, 2.45) is 0 Å². The average molecular weight is 226 g/mol. The Balaban J connectivity index is 2.76. The number of benzene rings is 1. The molecule has 1 aromatic heterocycles. The number of halogens is 1. The first-order chi connectivity index (χ1) is 6.76. The molecular weight excluding hydrogens is 215 g/mol. The van der Waals surface area contributed by atoms with Crippen LogP contribution in [0.3, 0.4) is 0 Å². The summed E-state index contributed by atoms with van der Waals surface area (Å²) in [6, 6.07) is 3.28. The van der Waals surface area contributed by atoms with Crippen LogP contribution in [-0.2, 0) is 6.42 Å². The van der Waals surface area contributed by atoms with E-state index in [9.17, 15) is 4.39 Å². The van der Waals surface area contributed by atoms with Crippen LogP contribution in [-0.4, -0.2) is 6.26 Å². The van der Waals surface area contributed by atoms with Crippen LogP contribution in [0.4, 0.5) is 4.39 Å². The first-order valence-electron chi connectivity index (χ1n) is 4.50. The molecule has 0 nitrogen and oxygen atoms in total. The summed E-state index contributed by atoms with van der Waals surface area (Å²) in [5, 5.41) is 3.17. The van der Waals surface area contributed by atoms with Gasteiger partial charge in [0.1, 0.15) is 5.82 Å². The van der Waals surface area contributed by atoms with Crippen molar-refractivity contribution in [1.29, 1.82) is 0 Å². The maximum Gasteiger partial charge on any atom is 0.124 e. The molecule has 0 saturated carbocycles. The second-order valence-corrected chi connectivity index (χ2v) is 4.83. The molecule has 3 heteroatoms. The molecule has 0 atom stereocenters. The van der Waals surface area contributed by atoms with E-state index in [0.717, 1.165) is 17.4 Å². The highest BCUT2D eigenvalue weighted by molar-refractivity contribution is 7.99. The molecule has 1 aromatic carbocycles. The van der Waals surface area contributed by atoms with Gasteiger partial charge in [0, 0.05) is 20.4 Å². The molecule has 2 rings (SSSR count). The third kappa shape index (κ3) is 1.55. The number of aryl methyl sites for hydroxylation is 1. The molecule has 0 N–H and O–H groups in total. The van der Waals surface area contributed by atoms with Gasteiger partial charge in [0.15, 0.2) is 0 Å². The van der Waals surface area contributed by atoms with Gasteiger partial charge in [0.25, 0.3) is 0 Å². The maximum atomic E-state index is 13.3. The molecule has 0 unspecified atom stereocenters. The predicted molar refractivity (Wildman–Crippen MR) is 62.9 cm³/mol. The Morgan fingerprint density at radius 2 is 2.21 bits per heavy atom. The number of rotatable bonds is 2. The second-order valence-electron chi connectivity index (χ2n) is 3.10. The first kappa shape index (κ1) is 9.99. The number of hydrogen-bond acceptors (Lipinski definition) is 2. The van der Waals surface area contributed by atoms with E-state index in [4.69, 9.17) is 0 Å². The zero-order valence-corrected chi connectivity index (χ0v) is 9.77. The quantitative estimate of drug-likeness (QED) is 0.687. The summed E-state index contributed by atoms with van der Waals surface area (Å²) in [5.41, 5.74) is 1.12. The fourth-order valence-electron chi connectivity index (χ4n) is 1.57. The third-order valence-corrected chi connectivity index (χ3v) is 4.28. The molecule has 0 aliphatic heterocycles. The van der Waals surface area contributed by atoms with Gasteiger partial charge in [-0.15, -0.1) is 23.1 Å². The highest BCUT2D eigenvalue weighted by Gasteiger charge is 2.08. The Hall–Kier alpha value is -0.540. The summed E-state index contributed by atoms with van der Waals surface area (Å²) in [7, 11) is 0. The lowest BCUT2D eigenvalue weighted by atomic mass is 10.1. The van der Waals surface area contributed by atoms with Crippen LogP contribution in [0.15, 0.2) is 22.4 Å². The molecule has 0 fully saturated rings. The van der Waals surface area contributed by atoms with Gasteiger partial charge in [-0.25, -0.2) is 4.39 Å². The highest BCUT2D eigenvalue weighted by Crippen LogP contribution is 2.35. The molecule has 2 aromatic rings. The van der Waals surface area contributed by atoms with Crippen LogP contribution >= 0.6 is 23.1 Å². The summed E-state index contributed by atoms with van der Waals surface area (Å²) in [4.78, 5) is 1.18. The third-order valence-electron chi connectivity index (χ3n) is 2.28. The molecule has 0 aliphatic carbocycles. The lowest BCUT2D eigenvalue weighted by Crippen LogP contribution is -1.83. The molecule has 0 saturated heterocycles. The Morgan fingerprint density at radius 3 is 2.86 bits per heavy atom. The van der Waals surface area contributed by atoms with Gasteiger partial charge in [0.2, 0.25) is 0 Å². The van der Waals surface area contributed by atoms with Gasteiger partial charge in [-0.3, -0.25) is 0 Å². The van der Waals surface area contributed by atoms with Crippen LogP contribution in [0, 0.1) is 5.82 Å². The summed E-state index contributed by atoms with van der Waals surface area (Å²) in [6.45, 7) is 2.06. The van der Waals surface area contributed by atoms with Crippen molar-refractivity contribution >= 4 is 33.2 Å². The Bertz CT molecular complexity index is 460. The van der Waals surface area contributed by atoms with Gasteiger partial charge in [-0.2, -0.15) is 0 Å². The van der Waals surface area contributed by atoms with Gasteiger partial charge < -0.3 is 0 Å². The largest absolute Gasteiger partial charge is 0.207 e. The summed E-state index contributed by atoms with van der Waals surface area (Å²) in [6.07, 6.45) is 2.92. The van der Waals surface area contributed by atoms with Crippen LogP contribution < -0.4 is 0 Å². The molecular formula is C11H11FS2. The number of hydrogen-bond donors (Lipinski definition) is 0. The molecule has 0 bridgehead atoms. The van der Waals surface area contributed by atoms with Crippen molar-refractivity contribution in [2.75, 3.05) is 6.26 Å². The van der Waals surface area contributed by atoms with E-state index in [1.165, 1.54) is 9.60 Å².